The molecule has 0 saturated heterocycles. The molecule has 172 valence electrons. The monoisotopic (exact) mass is 546 g/mol. The lowest BCUT2D eigenvalue weighted by Crippen LogP contribution is -2.51. The van der Waals surface area contributed by atoms with Gasteiger partial charge in [-0.2, -0.15) is 0 Å². The highest BCUT2D eigenvalue weighted by molar-refractivity contribution is 14.1. The van der Waals surface area contributed by atoms with Crippen LogP contribution in [0.5, 0.6) is 0 Å². The minimum Gasteiger partial charge on any atom is -0.458 e. The molecule has 0 amide bonds. The van der Waals surface area contributed by atoms with Crippen molar-refractivity contribution in [2.45, 2.75) is 78.2 Å². The second-order valence-electron chi connectivity index (χ2n) is 11.3. The highest BCUT2D eigenvalue weighted by Gasteiger charge is 2.59. The second kappa shape index (κ2) is 8.25. The van der Waals surface area contributed by atoms with Gasteiger partial charge in [-0.1, -0.05) is 31.6 Å². The maximum absolute atomic E-state index is 12.7. The van der Waals surface area contributed by atoms with Crippen LogP contribution in [0.3, 0.4) is 0 Å². The molecule has 0 bridgehead atoms. The molecule has 0 unspecified atom stereocenters. The molecule has 0 spiro atoms. The van der Waals surface area contributed by atoms with Gasteiger partial charge in [-0.05, 0) is 121 Å². The Morgan fingerprint density at radius 3 is 2.62 bits per heavy atom. The number of carbonyl (C=O) groups excluding carboxylic acids is 2. The van der Waals surface area contributed by atoms with Gasteiger partial charge in [-0.15, -0.1) is 0 Å². The molecule has 0 N–H and O–H groups in total. The summed E-state index contributed by atoms with van der Waals surface area (Å²) in [7, 11) is 0. The molecule has 1 aromatic carbocycles. The van der Waals surface area contributed by atoms with Crippen molar-refractivity contribution >= 4 is 34.3 Å². The molecule has 3 nitrogen and oxygen atoms in total. The van der Waals surface area contributed by atoms with E-state index in [0.29, 0.717) is 29.1 Å². The fourth-order valence-electron chi connectivity index (χ4n) is 8.23. The zero-order valence-electron chi connectivity index (χ0n) is 19.5. The maximum Gasteiger partial charge on any atom is 0.338 e. The van der Waals surface area contributed by atoms with Gasteiger partial charge in [0.1, 0.15) is 11.9 Å². The molecule has 3 fully saturated rings. The summed E-state index contributed by atoms with van der Waals surface area (Å²) in [5, 5.41) is 0. The maximum atomic E-state index is 12.7. The summed E-state index contributed by atoms with van der Waals surface area (Å²) < 4.78 is 7.02. The van der Waals surface area contributed by atoms with Crippen LogP contribution in [0.4, 0.5) is 0 Å². The number of hydrogen-bond acceptors (Lipinski definition) is 3. The number of allylic oxidation sites excluding steroid dienone is 1. The molecule has 4 heteroatoms. The van der Waals surface area contributed by atoms with Crippen molar-refractivity contribution in [1.29, 1.82) is 0 Å². The first kappa shape index (κ1) is 22.6. The number of halogens is 1. The van der Waals surface area contributed by atoms with E-state index in [1.165, 1.54) is 24.8 Å². The first-order valence-corrected chi connectivity index (χ1v) is 13.5. The molecule has 3 saturated carbocycles. The molecule has 5 rings (SSSR count). The van der Waals surface area contributed by atoms with Gasteiger partial charge in [0.05, 0.1) is 5.56 Å². The molecule has 7 atom stereocenters. The van der Waals surface area contributed by atoms with Crippen LogP contribution in [-0.4, -0.2) is 17.9 Å². The van der Waals surface area contributed by atoms with Crippen LogP contribution in [0.2, 0.25) is 0 Å². The Labute approximate surface area is 205 Å². The van der Waals surface area contributed by atoms with Gasteiger partial charge < -0.3 is 4.74 Å². The Hall–Kier alpha value is -1.17. The number of Topliss-reactive ketones (excluding diaryl/α,β-unsaturated/α-hetero) is 1. The van der Waals surface area contributed by atoms with Gasteiger partial charge in [-0.3, -0.25) is 4.79 Å². The largest absolute Gasteiger partial charge is 0.458 e. The lowest BCUT2D eigenvalue weighted by molar-refractivity contribution is -0.127. The van der Waals surface area contributed by atoms with Gasteiger partial charge in [0.25, 0.3) is 0 Å². The first-order chi connectivity index (χ1) is 15.2. The molecule has 0 radical (unpaired) electrons. The highest BCUT2D eigenvalue weighted by atomic mass is 127. The first-order valence-electron chi connectivity index (χ1n) is 12.4. The summed E-state index contributed by atoms with van der Waals surface area (Å²) >= 11 is 2.23. The summed E-state index contributed by atoms with van der Waals surface area (Å²) in [5.74, 6) is 2.57. The van der Waals surface area contributed by atoms with Crippen molar-refractivity contribution in [1.82, 2.24) is 0 Å². The molecule has 0 aromatic heterocycles. The normalized spacial score (nSPS) is 40.5. The third-order valence-corrected chi connectivity index (χ3v) is 10.6. The van der Waals surface area contributed by atoms with Crippen LogP contribution < -0.4 is 0 Å². The lowest BCUT2D eigenvalue weighted by Gasteiger charge is -2.58. The molecular formula is C28H35IO3. The predicted octanol–water partition coefficient (Wildman–Crippen LogP) is 6.98. The third kappa shape index (κ3) is 3.59. The number of esters is 1. The Morgan fingerprint density at radius 2 is 1.88 bits per heavy atom. The number of ether oxygens (including phenoxy) is 1. The van der Waals surface area contributed by atoms with Crippen molar-refractivity contribution in [2.75, 3.05) is 0 Å². The van der Waals surface area contributed by atoms with Crippen molar-refractivity contribution < 1.29 is 14.3 Å². The van der Waals surface area contributed by atoms with E-state index in [1.807, 2.05) is 31.2 Å². The molecule has 4 aliphatic carbocycles. The Kier molecular flexibility index (Phi) is 5.83. The van der Waals surface area contributed by atoms with Crippen LogP contribution in [0.1, 0.15) is 82.5 Å². The number of fused-ring (bicyclic) bond motifs is 5. The van der Waals surface area contributed by atoms with Crippen LogP contribution in [0, 0.1) is 38.1 Å². The average molecular weight is 546 g/mol. The van der Waals surface area contributed by atoms with Gasteiger partial charge in [0, 0.05) is 15.9 Å². The zero-order valence-corrected chi connectivity index (χ0v) is 21.7. The average Bonchev–Trinajstić information content (AvgIpc) is 3.11. The number of benzene rings is 1. The van der Waals surface area contributed by atoms with Gasteiger partial charge in [0.2, 0.25) is 0 Å². The van der Waals surface area contributed by atoms with E-state index in [-0.39, 0.29) is 28.8 Å². The smallest absolute Gasteiger partial charge is 0.338 e. The Morgan fingerprint density at radius 1 is 1.06 bits per heavy atom. The van der Waals surface area contributed by atoms with Crippen molar-refractivity contribution in [2.24, 2.45) is 34.5 Å². The number of ketones is 1. The quantitative estimate of drug-likeness (QED) is 0.233. The number of rotatable bonds is 3. The molecule has 32 heavy (non-hydrogen) atoms. The number of carbonyl (C=O) groups is 2. The van der Waals surface area contributed by atoms with Crippen LogP contribution in [-0.2, 0) is 9.53 Å². The van der Waals surface area contributed by atoms with Crippen molar-refractivity contribution in [3.05, 3.63) is 45.0 Å². The predicted molar refractivity (Wildman–Crippen MR) is 134 cm³/mol. The van der Waals surface area contributed by atoms with E-state index < -0.39 is 0 Å². The van der Waals surface area contributed by atoms with Gasteiger partial charge in [0.15, 0.2) is 0 Å². The van der Waals surface area contributed by atoms with Crippen molar-refractivity contribution in [3.8, 4) is 0 Å². The standard InChI is InChI=1S/C28H35IO3/c1-17(30)23-9-10-24-22-8-7-19-16-21(32-26(31)18-5-4-6-20(29)15-18)11-13-27(19,2)25(22)12-14-28(23,24)3/h4-7,15,21-25H,8-14,16H2,1-3H3/t21-,22-,23+,24-,25-,27+,28+/m1/s1. The fraction of sp³-hybridized carbons (Fsp3) is 0.643. The Balaban J connectivity index is 1.32. The summed E-state index contributed by atoms with van der Waals surface area (Å²) in [6, 6.07) is 7.65. The minimum absolute atomic E-state index is 0.0151. The summed E-state index contributed by atoms with van der Waals surface area (Å²) in [5.41, 5.74) is 2.60. The lowest BCUT2D eigenvalue weighted by atomic mass is 9.47. The molecule has 4 aliphatic rings. The molecule has 0 heterocycles. The Bertz CT molecular complexity index is 967. The highest BCUT2D eigenvalue weighted by Crippen LogP contribution is 2.66. The van der Waals surface area contributed by atoms with Crippen molar-refractivity contribution in [3.63, 3.8) is 0 Å². The van der Waals surface area contributed by atoms with E-state index in [9.17, 15) is 9.59 Å². The molecule has 1 aromatic rings. The van der Waals surface area contributed by atoms with Crippen LogP contribution >= 0.6 is 22.6 Å². The molecular weight excluding hydrogens is 511 g/mol. The summed E-state index contributed by atoms with van der Waals surface area (Å²) in [4.78, 5) is 25.1. The zero-order chi connectivity index (χ0) is 22.7. The SMILES string of the molecule is CC(=O)[C@@H]1CC[C@@H]2[C@H]3CC=C4C[C@H](OC(=O)c5cccc(I)c5)CC[C@]4(C)[C@@H]3CC[C@]21C. The topological polar surface area (TPSA) is 43.4 Å². The van der Waals surface area contributed by atoms with Crippen LogP contribution in [0.25, 0.3) is 0 Å². The second-order valence-corrected chi connectivity index (χ2v) is 12.6. The number of hydrogen-bond donors (Lipinski definition) is 0. The van der Waals surface area contributed by atoms with E-state index in [2.05, 4.69) is 42.5 Å². The van der Waals surface area contributed by atoms with E-state index in [0.717, 1.165) is 35.7 Å². The summed E-state index contributed by atoms with van der Waals surface area (Å²) in [6.45, 7) is 6.70. The fourth-order valence-corrected chi connectivity index (χ4v) is 8.77. The molecule has 0 aliphatic heterocycles. The van der Waals surface area contributed by atoms with Crippen LogP contribution in [0.15, 0.2) is 35.9 Å². The van der Waals surface area contributed by atoms with E-state index >= 15 is 0 Å². The van der Waals surface area contributed by atoms with E-state index in [4.69, 9.17) is 4.74 Å². The van der Waals surface area contributed by atoms with E-state index in [1.54, 1.807) is 0 Å². The minimum atomic E-state index is -0.193. The third-order valence-electron chi connectivity index (χ3n) is 9.88. The summed E-state index contributed by atoms with van der Waals surface area (Å²) in [6.07, 6.45) is 11.3. The van der Waals surface area contributed by atoms with Gasteiger partial charge in [-0.25, -0.2) is 4.79 Å². The van der Waals surface area contributed by atoms with Gasteiger partial charge >= 0.3 is 5.97 Å².